The standard InChI is InChI=1S/C19H20N2OS2/c1-12-3-6-14(7-4-12)23-11-18(22)21-19-16(10-20)15-8-5-13(2)9-17(15)24-19/h3-4,6-7,13H,5,8-9,11H2,1-2H3,(H,21,22)/t13-/m0/s1. The molecule has 1 atom stereocenters. The maximum absolute atomic E-state index is 12.3. The molecular weight excluding hydrogens is 336 g/mol. The SMILES string of the molecule is Cc1ccc(SCC(=O)Nc2sc3c(c2C#N)CC[C@H](C)C3)cc1. The number of carbonyl (C=O) groups excluding carboxylic acids is 1. The van der Waals surface area contributed by atoms with E-state index in [2.05, 4.69) is 18.3 Å². The van der Waals surface area contributed by atoms with Gasteiger partial charge in [0, 0.05) is 9.77 Å². The van der Waals surface area contributed by atoms with Crippen molar-refractivity contribution in [2.75, 3.05) is 11.1 Å². The van der Waals surface area contributed by atoms with Crippen molar-refractivity contribution >= 4 is 34.0 Å². The number of nitriles is 1. The monoisotopic (exact) mass is 356 g/mol. The number of hydrogen-bond acceptors (Lipinski definition) is 4. The van der Waals surface area contributed by atoms with Gasteiger partial charge in [-0.15, -0.1) is 23.1 Å². The molecule has 1 aliphatic rings. The lowest BCUT2D eigenvalue weighted by Gasteiger charge is -2.17. The van der Waals surface area contributed by atoms with Gasteiger partial charge in [-0.3, -0.25) is 4.79 Å². The van der Waals surface area contributed by atoms with Crippen LogP contribution in [0.4, 0.5) is 5.00 Å². The molecule has 0 spiro atoms. The average Bonchev–Trinajstić information content (AvgIpc) is 2.90. The maximum Gasteiger partial charge on any atom is 0.235 e. The first-order chi connectivity index (χ1) is 11.6. The van der Waals surface area contributed by atoms with Gasteiger partial charge in [0.2, 0.25) is 5.91 Å². The first-order valence-electron chi connectivity index (χ1n) is 8.10. The van der Waals surface area contributed by atoms with Crippen molar-refractivity contribution in [1.82, 2.24) is 0 Å². The van der Waals surface area contributed by atoms with E-state index in [4.69, 9.17) is 0 Å². The molecule has 0 unspecified atom stereocenters. The summed E-state index contributed by atoms with van der Waals surface area (Å²) in [5.41, 5.74) is 3.04. The van der Waals surface area contributed by atoms with E-state index in [0.717, 1.165) is 34.7 Å². The molecule has 0 radical (unpaired) electrons. The van der Waals surface area contributed by atoms with Crippen molar-refractivity contribution in [1.29, 1.82) is 5.26 Å². The zero-order chi connectivity index (χ0) is 17.1. The Morgan fingerprint density at radius 2 is 2.17 bits per heavy atom. The molecule has 0 saturated carbocycles. The van der Waals surface area contributed by atoms with E-state index in [9.17, 15) is 10.1 Å². The molecule has 5 heteroatoms. The minimum Gasteiger partial charge on any atom is -0.316 e. The van der Waals surface area contributed by atoms with Crippen LogP contribution in [0.25, 0.3) is 0 Å². The predicted octanol–water partition coefficient (Wildman–Crippen LogP) is 4.78. The topological polar surface area (TPSA) is 52.9 Å². The Balaban J connectivity index is 1.66. The molecule has 1 N–H and O–H groups in total. The Morgan fingerprint density at radius 3 is 2.88 bits per heavy atom. The molecule has 3 nitrogen and oxygen atoms in total. The van der Waals surface area contributed by atoms with E-state index in [1.165, 1.54) is 22.2 Å². The summed E-state index contributed by atoms with van der Waals surface area (Å²) < 4.78 is 0. The van der Waals surface area contributed by atoms with Crippen LogP contribution < -0.4 is 5.32 Å². The fraction of sp³-hybridized carbons (Fsp3) is 0.368. The number of hydrogen-bond donors (Lipinski definition) is 1. The van der Waals surface area contributed by atoms with Crippen LogP contribution in [0.1, 0.15) is 34.9 Å². The lowest BCUT2D eigenvalue weighted by atomic mass is 9.89. The van der Waals surface area contributed by atoms with Gasteiger partial charge in [-0.1, -0.05) is 24.6 Å². The van der Waals surface area contributed by atoms with Crippen molar-refractivity contribution in [2.45, 2.75) is 38.0 Å². The first-order valence-corrected chi connectivity index (χ1v) is 9.91. The third-order valence-corrected chi connectivity index (χ3v) is 6.45. The molecule has 1 amide bonds. The molecule has 0 saturated heterocycles. The largest absolute Gasteiger partial charge is 0.316 e. The number of amides is 1. The smallest absolute Gasteiger partial charge is 0.235 e. The van der Waals surface area contributed by atoms with E-state index in [0.29, 0.717) is 17.2 Å². The van der Waals surface area contributed by atoms with Gasteiger partial charge in [0.1, 0.15) is 11.1 Å². The highest BCUT2D eigenvalue weighted by atomic mass is 32.2. The number of carbonyl (C=O) groups is 1. The summed E-state index contributed by atoms with van der Waals surface area (Å²) in [5, 5.41) is 13.2. The van der Waals surface area contributed by atoms with Gasteiger partial charge in [0.25, 0.3) is 0 Å². The highest BCUT2D eigenvalue weighted by molar-refractivity contribution is 8.00. The van der Waals surface area contributed by atoms with Crippen LogP contribution in [-0.2, 0) is 17.6 Å². The minimum atomic E-state index is -0.0521. The van der Waals surface area contributed by atoms with E-state index in [1.54, 1.807) is 11.3 Å². The Bertz CT molecular complexity index is 787. The van der Waals surface area contributed by atoms with E-state index in [-0.39, 0.29) is 5.91 Å². The molecule has 1 aromatic heterocycles. The minimum absolute atomic E-state index is 0.0521. The molecule has 24 heavy (non-hydrogen) atoms. The zero-order valence-corrected chi connectivity index (χ0v) is 15.5. The summed E-state index contributed by atoms with van der Waals surface area (Å²) in [6.07, 6.45) is 3.08. The number of thioether (sulfide) groups is 1. The van der Waals surface area contributed by atoms with Crippen LogP contribution in [0.2, 0.25) is 0 Å². The van der Waals surface area contributed by atoms with Crippen LogP contribution in [0.15, 0.2) is 29.2 Å². The fourth-order valence-electron chi connectivity index (χ4n) is 2.90. The number of thiophene rings is 1. The summed E-state index contributed by atoms with van der Waals surface area (Å²) in [6, 6.07) is 10.4. The number of anilines is 1. The van der Waals surface area contributed by atoms with Crippen LogP contribution in [0, 0.1) is 24.2 Å². The van der Waals surface area contributed by atoms with Gasteiger partial charge in [-0.2, -0.15) is 5.26 Å². The van der Waals surface area contributed by atoms with E-state index >= 15 is 0 Å². The summed E-state index contributed by atoms with van der Waals surface area (Å²) in [4.78, 5) is 14.6. The van der Waals surface area contributed by atoms with Gasteiger partial charge < -0.3 is 5.32 Å². The molecule has 0 bridgehead atoms. The zero-order valence-electron chi connectivity index (χ0n) is 13.9. The third-order valence-electron chi connectivity index (χ3n) is 4.27. The van der Waals surface area contributed by atoms with Crippen molar-refractivity contribution < 1.29 is 4.79 Å². The molecule has 1 aromatic carbocycles. The van der Waals surface area contributed by atoms with Crippen LogP contribution in [0.3, 0.4) is 0 Å². The lowest BCUT2D eigenvalue weighted by Crippen LogP contribution is -2.14. The average molecular weight is 357 g/mol. The molecule has 3 rings (SSSR count). The Labute approximate surface area is 151 Å². The number of benzene rings is 1. The number of nitrogens with zero attached hydrogens (tertiary/aromatic N) is 1. The van der Waals surface area contributed by atoms with Crippen molar-refractivity contribution in [2.24, 2.45) is 5.92 Å². The molecule has 124 valence electrons. The fourth-order valence-corrected chi connectivity index (χ4v) is 4.98. The number of fused-ring (bicyclic) bond motifs is 1. The van der Waals surface area contributed by atoms with Gasteiger partial charge in [0.05, 0.1) is 11.3 Å². The lowest BCUT2D eigenvalue weighted by molar-refractivity contribution is -0.113. The number of nitrogens with one attached hydrogen (secondary N) is 1. The molecule has 2 aromatic rings. The predicted molar refractivity (Wildman–Crippen MR) is 101 cm³/mol. The molecule has 0 fully saturated rings. The highest BCUT2D eigenvalue weighted by Crippen LogP contribution is 2.39. The Kier molecular flexibility index (Phi) is 5.27. The van der Waals surface area contributed by atoms with Gasteiger partial charge in [0.15, 0.2) is 0 Å². The summed E-state index contributed by atoms with van der Waals surface area (Å²) in [6.45, 7) is 4.29. The molecule has 0 aliphatic heterocycles. The van der Waals surface area contributed by atoms with Crippen LogP contribution in [-0.4, -0.2) is 11.7 Å². The van der Waals surface area contributed by atoms with Gasteiger partial charge in [-0.05, 0) is 49.8 Å². The molecular formula is C19H20N2OS2. The summed E-state index contributed by atoms with van der Waals surface area (Å²) in [7, 11) is 0. The molecule has 1 heterocycles. The van der Waals surface area contributed by atoms with E-state index < -0.39 is 0 Å². The second-order valence-electron chi connectivity index (χ2n) is 6.32. The van der Waals surface area contributed by atoms with Gasteiger partial charge in [-0.25, -0.2) is 0 Å². The normalized spacial score (nSPS) is 16.3. The highest BCUT2D eigenvalue weighted by Gasteiger charge is 2.24. The number of rotatable bonds is 4. The first kappa shape index (κ1) is 17.1. The maximum atomic E-state index is 12.3. The summed E-state index contributed by atoms with van der Waals surface area (Å²) in [5.74, 6) is 0.958. The van der Waals surface area contributed by atoms with Crippen molar-refractivity contribution in [3.63, 3.8) is 0 Å². The Hall–Kier alpha value is -1.77. The van der Waals surface area contributed by atoms with Crippen molar-refractivity contribution in [3.05, 3.63) is 45.8 Å². The quantitative estimate of drug-likeness (QED) is 0.802. The second-order valence-corrected chi connectivity index (χ2v) is 8.47. The van der Waals surface area contributed by atoms with Crippen molar-refractivity contribution in [3.8, 4) is 6.07 Å². The van der Waals surface area contributed by atoms with Gasteiger partial charge >= 0.3 is 0 Å². The third kappa shape index (κ3) is 3.82. The van der Waals surface area contributed by atoms with Crippen LogP contribution >= 0.6 is 23.1 Å². The number of aryl methyl sites for hydroxylation is 1. The van der Waals surface area contributed by atoms with Crippen LogP contribution in [0.5, 0.6) is 0 Å². The molecule has 1 aliphatic carbocycles. The summed E-state index contributed by atoms with van der Waals surface area (Å²) >= 11 is 3.09. The second kappa shape index (κ2) is 7.42. The van der Waals surface area contributed by atoms with E-state index in [1.807, 2.05) is 31.2 Å². The Morgan fingerprint density at radius 1 is 1.42 bits per heavy atom.